The fourth-order valence-corrected chi connectivity index (χ4v) is 0.986. The van der Waals surface area contributed by atoms with E-state index in [4.69, 9.17) is 16.7 Å². The van der Waals surface area contributed by atoms with Crippen molar-refractivity contribution in [2.24, 2.45) is 5.92 Å². The molecule has 10 heavy (non-hydrogen) atoms. The third-order valence-corrected chi connectivity index (χ3v) is 1.78. The SMILES string of the molecule is OC[C@@H]1C=C(F)C(Cl)=CC1. The van der Waals surface area contributed by atoms with Gasteiger partial charge in [0.2, 0.25) is 0 Å². The van der Waals surface area contributed by atoms with E-state index in [1.54, 1.807) is 6.08 Å². The molecule has 1 aliphatic rings. The van der Waals surface area contributed by atoms with Gasteiger partial charge < -0.3 is 5.11 Å². The van der Waals surface area contributed by atoms with E-state index in [2.05, 4.69) is 0 Å². The average molecular weight is 163 g/mol. The Bertz CT molecular complexity index is 186. The highest BCUT2D eigenvalue weighted by Crippen LogP contribution is 2.25. The minimum absolute atomic E-state index is 0.0198. The molecule has 0 saturated carbocycles. The molecular weight excluding hydrogens is 155 g/mol. The van der Waals surface area contributed by atoms with Crippen molar-refractivity contribution in [3.63, 3.8) is 0 Å². The molecule has 0 aromatic rings. The van der Waals surface area contributed by atoms with Crippen molar-refractivity contribution in [1.29, 1.82) is 0 Å². The van der Waals surface area contributed by atoms with E-state index in [0.29, 0.717) is 6.42 Å². The van der Waals surface area contributed by atoms with Crippen LogP contribution in [0.4, 0.5) is 4.39 Å². The van der Waals surface area contributed by atoms with Gasteiger partial charge in [-0.15, -0.1) is 0 Å². The summed E-state index contributed by atoms with van der Waals surface area (Å²) in [6.07, 6.45) is 3.56. The zero-order valence-electron chi connectivity index (χ0n) is 5.35. The summed E-state index contributed by atoms with van der Waals surface area (Å²) in [7, 11) is 0. The summed E-state index contributed by atoms with van der Waals surface area (Å²) in [5, 5.41) is 8.77. The Morgan fingerprint density at radius 1 is 1.80 bits per heavy atom. The molecular formula is C7H8ClFO. The summed E-state index contributed by atoms with van der Waals surface area (Å²) in [5.74, 6) is -0.519. The van der Waals surface area contributed by atoms with Crippen LogP contribution in [0.15, 0.2) is 23.0 Å². The first-order valence-electron chi connectivity index (χ1n) is 3.08. The Balaban J connectivity index is 2.66. The van der Waals surface area contributed by atoms with Crippen LogP contribution in [-0.4, -0.2) is 11.7 Å². The maximum atomic E-state index is 12.6. The minimum Gasteiger partial charge on any atom is -0.396 e. The van der Waals surface area contributed by atoms with E-state index in [0.717, 1.165) is 0 Å². The van der Waals surface area contributed by atoms with Crippen LogP contribution in [0.25, 0.3) is 0 Å². The van der Waals surface area contributed by atoms with E-state index in [9.17, 15) is 4.39 Å². The molecule has 56 valence electrons. The van der Waals surface area contributed by atoms with E-state index < -0.39 is 5.83 Å². The topological polar surface area (TPSA) is 20.2 Å². The van der Waals surface area contributed by atoms with Gasteiger partial charge in [-0.1, -0.05) is 17.7 Å². The second kappa shape index (κ2) is 3.17. The third-order valence-electron chi connectivity index (χ3n) is 1.44. The third kappa shape index (κ3) is 1.58. The zero-order chi connectivity index (χ0) is 7.56. The number of hydrogen-bond donors (Lipinski definition) is 1. The van der Waals surface area contributed by atoms with Crippen molar-refractivity contribution in [3.05, 3.63) is 23.0 Å². The van der Waals surface area contributed by atoms with Crippen LogP contribution in [0, 0.1) is 5.92 Å². The number of allylic oxidation sites excluding steroid dienone is 3. The van der Waals surface area contributed by atoms with Gasteiger partial charge >= 0.3 is 0 Å². The average Bonchev–Trinajstić information content (AvgIpc) is 1.95. The predicted octanol–water partition coefficient (Wildman–Crippen LogP) is 1.97. The van der Waals surface area contributed by atoms with Crippen LogP contribution in [0.1, 0.15) is 6.42 Å². The second-order valence-electron chi connectivity index (χ2n) is 2.25. The molecule has 1 atom stereocenters. The molecule has 0 amide bonds. The highest BCUT2D eigenvalue weighted by molar-refractivity contribution is 6.31. The van der Waals surface area contributed by atoms with Crippen LogP contribution in [0.5, 0.6) is 0 Å². The summed E-state index contributed by atoms with van der Waals surface area (Å²) in [5.41, 5.74) is 0. The van der Waals surface area contributed by atoms with Gasteiger partial charge in [0.05, 0.1) is 5.03 Å². The first kappa shape index (κ1) is 7.76. The smallest absolute Gasteiger partial charge is 0.137 e. The van der Waals surface area contributed by atoms with Crippen LogP contribution in [0.2, 0.25) is 0 Å². The minimum atomic E-state index is -0.424. The van der Waals surface area contributed by atoms with Crippen LogP contribution in [-0.2, 0) is 0 Å². The zero-order valence-corrected chi connectivity index (χ0v) is 6.11. The van der Waals surface area contributed by atoms with Gasteiger partial charge in [0.15, 0.2) is 0 Å². The fraction of sp³-hybridized carbons (Fsp3) is 0.429. The molecule has 0 aromatic heterocycles. The van der Waals surface area contributed by atoms with Gasteiger partial charge in [0.25, 0.3) is 0 Å². The fourth-order valence-electron chi connectivity index (χ4n) is 0.834. The maximum Gasteiger partial charge on any atom is 0.137 e. The van der Waals surface area contributed by atoms with E-state index in [-0.39, 0.29) is 17.6 Å². The molecule has 0 fully saturated rings. The molecule has 0 bridgehead atoms. The summed E-state index contributed by atoms with van der Waals surface area (Å²) in [6.45, 7) is -0.0198. The number of halogens is 2. The number of aliphatic hydroxyl groups is 1. The van der Waals surface area contributed by atoms with E-state index in [1.807, 2.05) is 0 Å². The molecule has 0 aromatic carbocycles. The number of hydrogen-bond acceptors (Lipinski definition) is 1. The molecule has 1 aliphatic carbocycles. The van der Waals surface area contributed by atoms with Crippen molar-refractivity contribution < 1.29 is 9.50 Å². The largest absolute Gasteiger partial charge is 0.396 e. The highest BCUT2D eigenvalue weighted by Gasteiger charge is 2.12. The Kier molecular flexibility index (Phi) is 2.46. The van der Waals surface area contributed by atoms with Crippen molar-refractivity contribution in [2.75, 3.05) is 6.61 Å². The first-order chi connectivity index (χ1) is 4.74. The summed E-state index contributed by atoms with van der Waals surface area (Å²) in [6, 6.07) is 0. The van der Waals surface area contributed by atoms with Gasteiger partial charge in [0, 0.05) is 12.5 Å². The van der Waals surface area contributed by atoms with Gasteiger partial charge in [-0.25, -0.2) is 4.39 Å². The number of rotatable bonds is 1. The molecule has 0 heterocycles. The molecule has 1 rings (SSSR count). The van der Waals surface area contributed by atoms with Crippen LogP contribution >= 0.6 is 11.6 Å². The lowest BCUT2D eigenvalue weighted by Gasteiger charge is -2.11. The highest BCUT2D eigenvalue weighted by atomic mass is 35.5. The Hall–Kier alpha value is -0.340. The summed E-state index contributed by atoms with van der Waals surface area (Å²) >= 11 is 5.43. The van der Waals surface area contributed by atoms with Crippen molar-refractivity contribution in [1.82, 2.24) is 0 Å². The standard InChI is InChI=1S/C7H8ClFO/c8-6-2-1-5(4-10)3-7(6)9/h2-3,5,10H,1,4H2/t5-/m0/s1. The van der Waals surface area contributed by atoms with Gasteiger partial charge in [-0.05, 0) is 12.5 Å². The molecule has 0 radical (unpaired) electrons. The molecule has 1 N–H and O–H groups in total. The normalized spacial score (nSPS) is 25.7. The maximum absolute atomic E-state index is 12.6. The molecule has 0 saturated heterocycles. The van der Waals surface area contributed by atoms with Crippen LogP contribution in [0.3, 0.4) is 0 Å². The predicted molar refractivity (Wildman–Crippen MR) is 38.3 cm³/mol. The monoisotopic (exact) mass is 162 g/mol. The van der Waals surface area contributed by atoms with Crippen molar-refractivity contribution in [3.8, 4) is 0 Å². The van der Waals surface area contributed by atoms with Gasteiger partial charge in [-0.3, -0.25) is 0 Å². The van der Waals surface area contributed by atoms with Crippen molar-refractivity contribution >= 4 is 11.6 Å². The van der Waals surface area contributed by atoms with E-state index >= 15 is 0 Å². The first-order valence-corrected chi connectivity index (χ1v) is 3.46. The van der Waals surface area contributed by atoms with Gasteiger partial charge in [0.1, 0.15) is 5.83 Å². The lowest BCUT2D eigenvalue weighted by atomic mass is 10.0. The Labute approximate surface area is 63.8 Å². The summed E-state index contributed by atoms with van der Waals surface area (Å²) in [4.78, 5) is 0. The lowest BCUT2D eigenvalue weighted by Crippen LogP contribution is -2.05. The molecule has 1 nitrogen and oxygen atoms in total. The van der Waals surface area contributed by atoms with Gasteiger partial charge in [-0.2, -0.15) is 0 Å². The van der Waals surface area contributed by atoms with E-state index in [1.165, 1.54) is 6.08 Å². The molecule has 3 heteroatoms. The molecule has 0 aliphatic heterocycles. The molecule has 0 spiro atoms. The molecule has 0 unspecified atom stereocenters. The Morgan fingerprint density at radius 3 is 3.00 bits per heavy atom. The Morgan fingerprint density at radius 2 is 2.50 bits per heavy atom. The summed E-state index contributed by atoms with van der Waals surface area (Å²) < 4.78 is 12.6. The van der Waals surface area contributed by atoms with Crippen LogP contribution < -0.4 is 0 Å². The second-order valence-corrected chi connectivity index (χ2v) is 2.65. The quantitative estimate of drug-likeness (QED) is 0.625. The number of aliphatic hydroxyl groups excluding tert-OH is 1. The van der Waals surface area contributed by atoms with Crippen molar-refractivity contribution in [2.45, 2.75) is 6.42 Å². The lowest BCUT2D eigenvalue weighted by molar-refractivity contribution is 0.251.